The lowest BCUT2D eigenvalue weighted by Crippen LogP contribution is -2.20. The van der Waals surface area contributed by atoms with Crippen LogP contribution < -0.4 is 14.8 Å². The SMILES string of the molecule is COC[C@H](C)Oc1ccc(OCc2ccccc2)c(C(=O)Nc2cn(C(=O)O)nc2C(C)(C)C)c1. The van der Waals surface area contributed by atoms with E-state index in [0.717, 1.165) is 10.2 Å². The number of hydrogen-bond donors (Lipinski definition) is 2. The number of ether oxygens (including phenoxy) is 3. The van der Waals surface area contributed by atoms with Gasteiger partial charge in [-0.05, 0) is 30.7 Å². The maximum absolute atomic E-state index is 13.4. The predicted octanol–water partition coefficient (Wildman–Crippen LogP) is 4.95. The summed E-state index contributed by atoms with van der Waals surface area (Å²) < 4.78 is 17.8. The Morgan fingerprint density at radius 3 is 2.49 bits per heavy atom. The molecule has 0 fully saturated rings. The van der Waals surface area contributed by atoms with Crippen molar-refractivity contribution in [2.24, 2.45) is 0 Å². The van der Waals surface area contributed by atoms with Crippen molar-refractivity contribution < 1.29 is 28.9 Å². The van der Waals surface area contributed by atoms with Gasteiger partial charge in [0.05, 0.1) is 29.7 Å². The second kappa shape index (κ2) is 11.1. The van der Waals surface area contributed by atoms with Gasteiger partial charge in [0.2, 0.25) is 0 Å². The number of nitrogens with one attached hydrogen (secondary N) is 1. The Bertz CT molecular complexity index is 1170. The molecule has 0 unspecified atom stereocenters. The summed E-state index contributed by atoms with van der Waals surface area (Å²) in [6, 6.07) is 14.6. The molecule has 0 bridgehead atoms. The molecule has 0 radical (unpaired) electrons. The fraction of sp³-hybridized carbons (Fsp3) is 0.346. The third-order valence-corrected chi connectivity index (χ3v) is 5.04. The number of nitrogens with zero attached hydrogens (tertiary/aromatic N) is 2. The largest absolute Gasteiger partial charge is 0.488 e. The fourth-order valence-corrected chi connectivity index (χ4v) is 3.43. The van der Waals surface area contributed by atoms with E-state index in [1.165, 1.54) is 6.20 Å². The van der Waals surface area contributed by atoms with Gasteiger partial charge in [-0.1, -0.05) is 51.1 Å². The lowest BCUT2D eigenvalue weighted by Gasteiger charge is -2.19. The molecular formula is C26H31N3O6. The highest BCUT2D eigenvalue weighted by atomic mass is 16.5. The van der Waals surface area contributed by atoms with Gasteiger partial charge >= 0.3 is 6.09 Å². The topological polar surface area (TPSA) is 112 Å². The average Bonchev–Trinajstić information content (AvgIpc) is 3.24. The van der Waals surface area contributed by atoms with Gasteiger partial charge in [-0.3, -0.25) is 4.79 Å². The van der Waals surface area contributed by atoms with Crippen LogP contribution in [0.3, 0.4) is 0 Å². The minimum absolute atomic E-state index is 0.228. The predicted molar refractivity (Wildman–Crippen MR) is 131 cm³/mol. The standard InChI is InChI=1S/C26H31N3O6/c1-17(15-33-5)35-19-11-12-22(34-16-18-9-7-6-8-10-18)20(13-19)24(30)27-21-14-29(25(31)32)28-23(21)26(2,3)4/h6-14,17H,15-16H2,1-5H3,(H,27,30)(H,31,32)/t17-/m0/s1. The maximum Gasteiger partial charge on any atom is 0.432 e. The van der Waals surface area contributed by atoms with Crippen LogP contribution in [0.25, 0.3) is 0 Å². The smallest absolute Gasteiger partial charge is 0.432 e. The third-order valence-electron chi connectivity index (χ3n) is 5.04. The summed E-state index contributed by atoms with van der Waals surface area (Å²) >= 11 is 0. The lowest BCUT2D eigenvalue weighted by atomic mass is 9.91. The molecule has 1 atom stereocenters. The Balaban J connectivity index is 1.93. The van der Waals surface area contributed by atoms with Crippen LogP contribution in [0.1, 0.15) is 49.3 Å². The molecule has 2 N–H and O–H groups in total. The van der Waals surface area contributed by atoms with Crippen LogP contribution in [0.4, 0.5) is 10.5 Å². The van der Waals surface area contributed by atoms with E-state index in [4.69, 9.17) is 14.2 Å². The van der Waals surface area contributed by atoms with Crippen molar-refractivity contribution in [1.29, 1.82) is 0 Å². The first-order valence-electron chi connectivity index (χ1n) is 11.2. The molecule has 1 aromatic heterocycles. The summed E-state index contributed by atoms with van der Waals surface area (Å²) in [5, 5.41) is 16.3. The second-order valence-corrected chi connectivity index (χ2v) is 9.14. The zero-order valence-electron chi connectivity index (χ0n) is 20.6. The van der Waals surface area contributed by atoms with Gasteiger partial charge in [-0.25, -0.2) is 4.79 Å². The van der Waals surface area contributed by atoms with Crippen molar-refractivity contribution >= 4 is 17.7 Å². The van der Waals surface area contributed by atoms with E-state index in [2.05, 4.69) is 10.4 Å². The van der Waals surface area contributed by atoms with E-state index in [0.29, 0.717) is 29.5 Å². The molecule has 9 nitrogen and oxygen atoms in total. The summed E-state index contributed by atoms with van der Waals surface area (Å²) in [7, 11) is 1.59. The van der Waals surface area contributed by atoms with Crippen molar-refractivity contribution in [1.82, 2.24) is 9.78 Å². The number of carboxylic acid groups (broad SMARTS) is 1. The molecule has 3 rings (SSSR count). The van der Waals surface area contributed by atoms with Crippen molar-refractivity contribution in [2.75, 3.05) is 19.0 Å². The number of methoxy groups -OCH3 is 1. The highest BCUT2D eigenvalue weighted by molar-refractivity contribution is 6.06. The molecule has 0 saturated carbocycles. The first-order valence-corrected chi connectivity index (χ1v) is 11.2. The molecule has 0 aliphatic heterocycles. The monoisotopic (exact) mass is 481 g/mol. The van der Waals surface area contributed by atoms with Crippen LogP contribution in [-0.2, 0) is 16.8 Å². The van der Waals surface area contributed by atoms with Gasteiger partial charge in [0.15, 0.2) is 0 Å². The van der Waals surface area contributed by atoms with Crippen LogP contribution in [-0.4, -0.2) is 46.7 Å². The normalized spacial score (nSPS) is 12.1. The van der Waals surface area contributed by atoms with Gasteiger partial charge < -0.3 is 24.6 Å². The maximum atomic E-state index is 13.4. The summed E-state index contributed by atoms with van der Waals surface area (Å²) in [4.78, 5) is 24.9. The van der Waals surface area contributed by atoms with Crippen LogP contribution in [0, 0.1) is 0 Å². The van der Waals surface area contributed by atoms with E-state index in [1.807, 2.05) is 58.0 Å². The summed E-state index contributed by atoms with van der Waals surface area (Å²) in [5.74, 6) is 0.360. The molecule has 0 aliphatic rings. The molecule has 0 aliphatic carbocycles. The highest BCUT2D eigenvalue weighted by Gasteiger charge is 2.26. The molecule has 9 heteroatoms. The lowest BCUT2D eigenvalue weighted by molar-refractivity contribution is 0.0916. The number of aromatic nitrogens is 2. The van der Waals surface area contributed by atoms with Crippen molar-refractivity contribution in [3.63, 3.8) is 0 Å². The zero-order valence-corrected chi connectivity index (χ0v) is 20.6. The van der Waals surface area contributed by atoms with E-state index >= 15 is 0 Å². The average molecular weight is 482 g/mol. The molecule has 0 saturated heterocycles. The van der Waals surface area contributed by atoms with Gasteiger partial charge in [-0.15, -0.1) is 0 Å². The Labute approximate surface area is 204 Å². The van der Waals surface area contributed by atoms with E-state index in [-0.39, 0.29) is 18.3 Å². The summed E-state index contributed by atoms with van der Waals surface area (Å²) in [6.07, 6.45) is -0.189. The van der Waals surface area contributed by atoms with E-state index in [1.54, 1.807) is 25.3 Å². The number of anilines is 1. The quantitative estimate of drug-likeness (QED) is 0.445. The minimum Gasteiger partial charge on any atom is -0.488 e. The molecule has 1 amide bonds. The Kier molecular flexibility index (Phi) is 8.14. The Morgan fingerprint density at radius 1 is 1.14 bits per heavy atom. The van der Waals surface area contributed by atoms with Gasteiger partial charge in [-0.2, -0.15) is 9.78 Å². The number of amides is 1. The van der Waals surface area contributed by atoms with Crippen LogP contribution in [0.2, 0.25) is 0 Å². The van der Waals surface area contributed by atoms with Crippen molar-refractivity contribution in [3.05, 3.63) is 71.5 Å². The van der Waals surface area contributed by atoms with Gasteiger partial charge in [0.25, 0.3) is 5.91 Å². The molecule has 1 heterocycles. The van der Waals surface area contributed by atoms with Crippen LogP contribution >= 0.6 is 0 Å². The van der Waals surface area contributed by atoms with Crippen LogP contribution in [0.15, 0.2) is 54.7 Å². The molecular weight excluding hydrogens is 450 g/mol. The number of carbonyl (C=O) groups excluding carboxylic acids is 1. The molecule has 0 spiro atoms. The first-order chi connectivity index (χ1) is 16.6. The van der Waals surface area contributed by atoms with Gasteiger partial charge in [0.1, 0.15) is 24.2 Å². The molecule has 3 aromatic rings. The Morgan fingerprint density at radius 2 is 1.86 bits per heavy atom. The minimum atomic E-state index is -1.24. The summed E-state index contributed by atoms with van der Waals surface area (Å²) in [6.45, 7) is 8.17. The fourth-order valence-electron chi connectivity index (χ4n) is 3.43. The van der Waals surface area contributed by atoms with Crippen LogP contribution in [0.5, 0.6) is 11.5 Å². The van der Waals surface area contributed by atoms with E-state index < -0.39 is 17.4 Å². The Hall–Kier alpha value is -3.85. The highest BCUT2D eigenvalue weighted by Crippen LogP contribution is 2.31. The molecule has 2 aromatic carbocycles. The second-order valence-electron chi connectivity index (χ2n) is 9.14. The number of rotatable bonds is 9. The van der Waals surface area contributed by atoms with Crippen molar-refractivity contribution in [2.45, 2.75) is 45.8 Å². The summed E-state index contributed by atoms with van der Waals surface area (Å²) in [5.41, 5.74) is 1.44. The number of hydrogen-bond acceptors (Lipinski definition) is 6. The third kappa shape index (κ3) is 6.83. The molecule has 35 heavy (non-hydrogen) atoms. The van der Waals surface area contributed by atoms with Crippen molar-refractivity contribution in [3.8, 4) is 11.5 Å². The first kappa shape index (κ1) is 25.8. The van der Waals surface area contributed by atoms with Gasteiger partial charge in [0, 0.05) is 12.5 Å². The number of carbonyl (C=O) groups is 2. The zero-order chi connectivity index (χ0) is 25.6. The molecule has 186 valence electrons. The number of benzene rings is 2. The van der Waals surface area contributed by atoms with E-state index in [9.17, 15) is 14.7 Å².